The third kappa shape index (κ3) is 3.25. The number of methoxy groups -OCH3 is 1. The molecule has 1 aliphatic heterocycles. The van der Waals surface area contributed by atoms with Gasteiger partial charge in [-0.25, -0.2) is 14.3 Å². The maximum absolute atomic E-state index is 13.4. The molecule has 2 aromatic carbocycles. The number of hydrogen-bond acceptors (Lipinski definition) is 6. The lowest BCUT2D eigenvalue weighted by atomic mass is 10.1. The van der Waals surface area contributed by atoms with Crippen LogP contribution in [0.4, 0.5) is 5.95 Å². The fourth-order valence-corrected chi connectivity index (χ4v) is 3.39. The van der Waals surface area contributed by atoms with Crippen molar-refractivity contribution in [1.29, 1.82) is 0 Å². The van der Waals surface area contributed by atoms with Gasteiger partial charge >= 0.3 is 5.97 Å². The molecular weight excluding hydrogens is 358 g/mol. The second-order valence-electron chi connectivity index (χ2n) is 6.71. The Morgan fingerprint density at radius 2 is 1.93 bits per heavy atom. The minimum absolute atomic E-state index is 0.173. The van der Waals surface area contributed by atoms with Crippen LogP contribution in [0.15, 0.2) is 47.3 Å². The summed E-state index contributed by atoms with van der Waals surface area (Å²) in [5.41, 5.74) is 2.48. The monoisotopic (exact) mass is 379 g/mol. The van der Waals surface area contributed by atoms with Crippen molar-refractivity contribution in [1.82, 2.24) is 9.55 Å². The van der Waals surface area contributed by atoms with Crippen LogP contribution < -0.4 is 10.5 Å². The molecule has 0 spiro atoms. The number of carbonyl (C=O) groups excluding carboxylic acids is 1. The zero-order chi connectivity index (χ0) is 19.7. The molecule has 0 unspecified atom stereocenters. The number of rotatable bonds is 3. The van der Waals surface area contributed by atoms with E-state index in [0.717, 1.165) is 11.3 Å². The molecule has 0 N–H and O–H groups in total. The molecule has 0 aliphatic carbocycles. The van der Waals surface area contributed by atoms with Crippen LogP contribution in [-0.2, 0) is 9.47 Å². The minimum Gasteiger partial charge on any atom is -0.465 e. The van der Waals surface area contributed by atoms with Gasteiger partial charge in [0, 0.05) is 13.1 Å². The van der Waals surface area contributed by atoms with Crippen molar-refractivity contribution < 1.29 is 14.3 Å². The molecule has 7 nitrogen and oxygen atoms in total. The van der Waals surface area contributed by atoms with Gasteiger partial charge in [0.05, 0.1) is 42.5 Å². The zero-order valence-corrected chi connectivity index (χ0v) is 15.8. The lowest BCUT2D eigenvalue weighted by Gasteiger charge is -2.30. The molecule has 28 heavy (non-hydrogen) atoms. The van der Waals surface area contributed by atoms with Gasteiger partial charge in [-0.3, -0.25) is 4.79 Å². The van der Waals surface area contributed by atoms with Gasteiger partial charge in [-0.2, -0.15) is 0 Å². The molecular formula is C21H21N3O4. The number of carbonyl (C=O) groups is 1. The average molecular weight is 379 g/mol. The third-order valence-electron chi connectivity index (χ3n) is 4.83. The van der Waals surface area contributed by atoms with E-state index in [0.29, 0.717) is 48.7 Å². The average Bonchev–Trinajstić information content (AvgIpc) is 2.73. The number of aromatic nitrogens is 2. The molecule has 1 saturated heterocycles. The molecule has 1 aromatic heterocycles. The first-order valence-corrected chi connectivity index (χ1v) is 9.13. The predicted molar refractivity (Wildman–Crippen MR) is 106 cm³/mol. The van der Waals surface area contributed by atoms with Crippen molar-refractivity contribution in [3.63, 3.8) is 0 Å². The van der Waals surface area contributed by atoms with E-state index < -0.39 is 5.97 Å². The highest BCUT2D eigenvalue weighted by atomic mass is 16.5. The molecule has 0 atom stereocenters. The van der Waals surface area contributed by atoms with Crippen molar-refractivity contribution in [3.05, 3.63) is 63.9 Å². The molecule has 0 amide bonds. The summed E-state index contributed by atoms with van der Waals surface area (Å²) in [4.78, 5) is 32.1. The van der Waals surface area contributed by atoms with E-state index in [9.17, 15) is 9.59 Å². The Morgan fingerprint density at radius 1 is 1.14 bits per heavy atom. The first-order chi connectivity index (χ1) is 13.6. The molecule has 144 valence electrons. The van der Waals surface area contributed by atoms with Gasteiger partial charge in [-0.1, -0.05) is 12.1 Å². The summed E-state index contributed by atoms with van der Waals surface area (Å²) < 4.78 is 11.9. The Morgan fingerprint density at radius 3 is 2.64 bits per heavy atom. The number of benzene rings is 2. The normalized spacial score (nSPS) is 14.3. The van der Waals surface area contributed by atoms with Crippen LogP contribution in [-0.4, -0.2) is 48.9 Å². The minimum atomic E-state index is -0.459. The number of aryl methyl sites for hydroxylation is 1. The van der Waals surface area contributed by atoms with Crippen LogP contribution in [0.2, 0.25) is 0 Å². The SMILES string of the molecule is COC(=O)c1ccc2c(=O)n(-c3cccc(C)c3)c(N3CCOCC3)nc2c1. The van der Waals surface area contributed by atoms with Crippen molar-refractivity contribution >= 4 is 22.8 Å². The van der Waals surface area contributed by atoms with Crippen LogP contribution in [0.5, 0.6) is 0 Å². The summed E-state index contributed by atoms with van der Waals surface area (Å²) in [6, 6.07) is 12.6. The Hall–Kier alpha value is -3.19. The van der Waals surface area contributed by atoms with Crippen LogP contribution in [0.3, 0.4) is 0 Å². The highest BCUT2D eigenvalue weighted by Gasteiger charge is 2.21. The molecule has 0 radical (unpaired) electrons. The maximum atomic E-state index is 13.4. The largest absolute Gasteiger partial charge is 0.465 e. The summed E-state index contributed by atoms with van der Waals surface area (Å²) in [5.74, 6) is 0.0906. The smallest absolute Gasteiger partial charge is 0.337 e. The molecule has 4 rings (SSSR count). The number of hydrogen-bond donors (Lipinski definition) is 0. The van der Waals surface area contributed by atoms with E-state index in [-0.39, 0.29) is 5.56 Å². The van der Waals surface area contributed by atoms with Crippen molar-refractivity contribution in [2.24, 2.45) is 0 Å². The first-order valence-electron chi connectivity index (χ1n) is 9.13. The fourth-order valence-electron chi connectivity index (χ4n) is 3.39. The van der Waals surface area contributed by atoms with Gasteiger partial charge < -0.3 is 14.4 Å². The molecule has 1 aliphatic rings. The topological polar surface area (TPSA) is 73.7 Å². The maximum Gasteiger partial charge on any atom is 0.337 e. The van der Waals surface area contributed by atoms with Gasteiger partial charge in [0.25, 0.3) is 5.56 Å². The van der Waals surface area contributed by atoms with Crippen LogP contribution >= 0.6 is 0 Å². The summed E-state index contributed by atoms with van der Waals surface area (Å²) in [6.45, 7) is 4.41. The molecule has 0 saturated carbocycles. The van der Waals surface area contributed by atoms with Crippen LogP contribution in [0.25, 0.3) is 16.6 Å². The lowest BCUT2D eigenvalue weighted by molar-refractivity contribution is 0.0601. The molecule has 7 heteroatoms. The summed E-state index contributed by atoms with van der Waals surface area (Å²) in [5, 5.41) is 0.450. The number of ether oxygens (including phenoxy) is 2. The van der Waals surface area contributed by atoms with Gasteiger partial charge in [0.2, 0.25) is 5.95 Å². The molecule has 2 heterocycles. The molecule has 1 fully saturated rings. The lowest BCUT2D eigenvalue weighted by Crippen LogP contribution is -2.40. The van der Waals surface area contributed by atoms with E-state index in [1.54, 1.807) is 22.8 Å². The van der Waals surface area contributed by atoms with Crippen molar-refractivity contribution in [2.75, 3.05) is 38.3 Å². The van der Waals surface area contributed by atoms with Crippen LogP contribution in [0.1, 0.15) is 15.9 Å². The Bertz CT molecular complexity index is 1100. The standard InChI is InChI=1S/C21H21N3O4/c1-14-4-3-5-16(12-14)24-19(25)17-7-6-15(20(26)27-2)13-18(17)22-21(24)23-8-10-28-11-9-23/h3-7,12-13H,8-11H2,1-2H3. The van der Waals surface area contributed by atoms with Crippen LogP contribution in [0, 0.1) is 6.92 Å². The summed E-state index contributed by atoms with van der Waals surface area (Å²) in [6.07, 6.45) is 0. The molecule has 0 bridgehead atoms. The highest BCUT2D eigenvalue weighted by Crippen LogP contribution is 2.22. The van der Waals surface area contributed by atoms with E-state index in [1.165, 1.54) is 7.11 Å². The van der Waals surface area contributed by atoms with Gasteiger partial charge in [0.1, 0.15) is 0 Å². The predicted octanol–water partition coefficient (Wildman–Crippen LogP) is 2.32. The first kappa shape index (κ1) is 18.2. The van der Waals surface area contributed by atoms with Crippen molar-refractivity contribution in [2.45, 2.75) is 6.92 Å². The second-order valence-corrected chi connectivity index (χ2v) is 6.71. The Kier molecular flexibility index (Phi) is 4.83. The second kappa shape index (κ2) is 7.44. The van der Waals surface area contributed by atoms with E-state index >= 15 is 0 Å². The number of nitrogens with zero attached hydrogens (tertiary/aromatic N) is 3. The number of fused-ring (bicyclic) bond motifs is 1. The molecule has 3 aromatic rings. The summed E-state index contributed by atoms with van der Waals surface area (Å²) >= 11 is 0. The van der Waals surface area contributed by atoms with Gasteiger partial charge in [-0.15, -0.1) is 0 Å². The number of anilines is 1. The van der Waals surface area contributed by atoms with Gasteiger partial charge in [-0.05, 0) is 42.8 Å². The van der Waals surface area contributed by atoms with E-state index in [1.807, 2.05) is 36.1 Å². The quantitative estimate of drug-likeness (QED) is 0.651. The fraction of sp³-hybridized carbons (Fsp3) is 0.286. The zero-order valence-electron chi connectivity index (χ0n) is 15.8. The van der Waals surface area contributed by atoms with E-state index in [2.05, 4.69) is 0 Å². The van der Waals surface area contributed by atoms with Crippen molar-refractivity contribution in [3.8, 4) is 5.69 Å². The van der Waals surface area contributed by atoms with E-state index in [4.69, 9.17) is 14.5 Å². The third-order valence-corrected chi connectivity index (χ3v) is 4.83. The Balaban J connectivity index is 1.98. The van der Waals surface area contributed by atoms with Gasteiger partial charge in [0.15, 0.2) is 0 Å². The Labute approximate surface area is 162 Å². The highest BCUT2D eigenvalue weighted by molar-refractivity contribution is 5.94. The number of esters is 1. The number of morpholine rings is 1. The summed E-state index contributed by atoms with van der Waals surface area (Å²) in [7, 11) is 1.33.